The van der Waals surface area contributed by atoms with E-state index in [1.807, 2.05) is 30.3 Å². The number of benzene rings is 3. The Bertz CT molecular complexity index is 1400. The molecule has 0 unspecified atom stereocenters. The zero-order valence-electron chi connectivity index (χ0n) is 19.2. The van der Waals surface area contributed by atoms with E-state index in [0.29, 0.717) is 23.8 Å². The van der Waals surface area contributed by atoms with Gasteiger partial charge >= 0.3 is 0 Å². The van der Waals surface area contributed by atoms with Crippen molar-refractivity contribution in [2.75, 3.05) is 26.6 Å². The minimum atomic E-state index is -0.283. The molecule has 0 radical (unpaired) electrons. The number of hydrogen-bond donors (Lipinski definition) is 1. The molecule has 34 heavy (non-hydrogen) atoms. The lowest BCUT2D eigenvalue weighted by Gasteiger charge is -2.20. The molecule has 0 bridgehead atoms. The monoisotopic (exact) mass is 460 g/mol. The first-order valence-corrected chi connectivity index (χ1v) is 11.0. The lowest BCUT2D eigenvalue weighted by molar-refractivity contribution is -0.116. The van der Waals surface area contributed by atoms with Gasteiger partial charge in [0.05, 0.1) is 32.5 Å². The van der Waals surface area contributed by atoms with Crippen LogP contribution in [0.3, 0.4) is 0 Å². The summed E-state index contributed by atoms with van der Waals surface area (Å²) >= 11 is 0. The number of aromatic nitrogens is 1. The predicted molar refractivity (Wildman–Crippen MR) is 129 cm³/mol. The van der Waals surface area contributed by atoms with Gasteiger partial charge in [-0.25, -0.2) is 4.39 Å². The fourth-order valence-corrected chi connectivity index (χ4v) is 4.82. The van der Waals surface area contributed by atoms with Crippen molar-refractivity contribution < 1.29 is 23.4 Å². The lowest BCUT2D eigenvalue weighted by Crippen LogP contribution is -2.14. The molecule has 174 valence electrons. The van der Waals surface area contributed by atoms with E-state index >= 15 is 0 Å². The molecule has 0 spiro atoms. The summed E-state index contributed by atoms with van der Waals surface area (Å²) in [5.74, 6) is 1.09. The highest BCUT2D eigenvalue weighted by Gasteiger charge is 2.31. The molecule has 0 aliphatic carbocycles. The summed E-state index contributed by atoms with van der Waals surface area (Å²) in [7, 11) is 4.75. The fraction of sp³-hybridized carbons (Fsp3) is 0.222. The normalized spacial score (nSPS) is 15.1. The van der Waals surface area contributed by atoms with E-state index in [-0.39, 0.29) is 24.1 Å². The maximum atomic E-state index is 13.8. The molecule has 1 N–H and O–H groups in total. The molecule has 1 atom stereocenters. The number of rotatable bonds is 6. The van der Waals surface area contributed by atoms with Crippen LogP contribution in [0.25, 0.3) is 10.9 Å². The van der Waals surface area contributed by atoms with Gasteiger partial charge in [0.25, 0.3) is 0 Å². The third kappa shape index (κ3) is 3.73. The van der Waals surface area contributed by atoms with Crippen molar-refractivity contribution in [3.63, 3.8) is 0 Å². The molecule has 6 nitrogen and oxygen atoms in total. The van der Waals surface area contributed by atoms with Crippen molar-refractivity contribution in [1.29, 1.82) is 0 Å². The predicted octanol–water partition coefficient (Wildman–Crippen LogP) is 5.33. The Morgan fingerprint density at radius 3 is 2.41 bits per heavy atom. The number of carbonyl (C=O) groups is 1. The summed E-state index contributed by atoms with van der Waals surface area (Å²) in [6, 6.07) is 16.1. The summed E-state index contributed by atoms with van der Waals surface area (Å²) in [6.07, 6.45) is 2.29. The van der Waals surface area contributed by atoms with Crippen LogP contribution in [0.4, 0.5) is 10.1 Å². The molecule has 1 aliphatic heterocycles. The van der Waals surface area contributed by atoms with Gasteiger partial charge in [0.1, 0.15) is 11.6 Å². The number of anilines is 1. The van der Waals surface area contributed by atoms with Gasteiger partial charge in [-0.1, -0.05) is 18.2 Å². The number of hydrogen-bond acceptors (Lipinski definition) is 4. The third-order valence-corrected chi connectivity index (χ3v) is 6.33. The Balaban J connectivity index is 1.71. The van der Waals surface area contributed by atoms with Crippen LogP contribution in [0.15, 0.2) is 60.8 Å². The number of halogens is 1. The Labute approximate surface area is 196 Å². The van der Waals surface area contributed by atoms with Crippen LogP contribution in [0, 0.1) is 5.82 Å². The first-order valence-electron chi connectivity index (χ1n) is 11.0. The van der Waals surface area contributed by atoms with E-state index in [0.717, 1.165) is 33.3 Å². The highest BCUT2D eigenvalue weighted by molar-refractivity contribution is 6.06. The summed E-state index contributed by atoms with van der Waals surface area (Å²) in [5.41, 5.74) is 4.40. The highest BCUT2D eigenvalue weighted by Crippen LogP contribution is 2.46. The SMILES string of the molecule is COc1cc(OC)c([C@H]2CC(=O)Nc3cccc4c3c2cn4Cc2cccc(F)c2)cc1OC. The van der Waals surface area contributed by atoms with Crippen LogP contribution in [0.5, 0.6) is 17.2 Å². The van der Waals surface area contributed by atoms with E-state index in [9.17, 15) is 9.18 Å². The summed E-state index contributed by atoms with van der Waals surface area (Å²) in [5, 5.41) is 4.02. The highest BCUT2D eigenvalue weighted by atomic mass is 19.1. The van der Waals surface area contributed by atoms with Crippen molar-refractivity contribution in [3.05, 3.63) is 83.3 Å². The molecule has 1 aliphatic rings. The van der Waals surface area contributed by atoms with Crippen LogP contribution in [0.1, 0.15) is 29.0 Å². The van der Waals surface area contributed by atoms with Gasteiger partial charge in [-0.05, 0) is 41.5 Å². The molecule has 4 aromatic rings. The van der Waals surface area contributed by atoms with Crippen LogP contribution in [-0.2, 0) is 11.3 Å². The molecule has 3 aromatic carbocycles. The second-order valence-electron chi connectivity index (χ2n) is 8.30. The van der Waals surface area contributed by atoms with Crippen molar-refractivity contribution in [1.82, 2.24) is 4.57 Å². The van der Waals surface area contributed by atoms with Gasteiger partial charge in [0, 0.05) is 42.1 Å². The number of nitrogens with one attached hydrogen (secondary N) is 1. The average molecular weight is 461 g/mol. The minimum Gasteiger partial charge on any atom is -0.496 e. The van der Waals surface area contributed by atoms with Gasteiger partial charge in [0.2, 0.25) is 5.91 Å². The molecule has 1 amide bonds. The number of carbonyl (C=O) groups excluding carboxylic acids is 1. The Kier molecular flexibility index (Phi) is 5.61. The lowest BCUT2D eigenvalue weighted by atomic mass is 9.87. The fourth-order valence-electron chi connectivity index (χ4n) is 4.82. The average Bonchev–Trinajstić information content (AvgIpc) is 3.13. The second-order valence-corrected chi connectivity index (χ2v) is 8.30. The first-order chi connectivity index (χ1) is 16.5. The largest absolute Gasteiger partial charge is 0.496 e. The molecular weight excluding hydrogens is 435 g/mol. The Morgan fingerprint density at radius 1 is 0.941 bits per heavy atom. The van der Waals surface area contributed by atoms with Crippen molar-refractivity contribution in [3.8, 4) is 17.2 Å². The van der Waals surface area contributed by atoms with E-state index in [1.165, 1.54) is 12.1 Å². The Hall–Kier alpha value is -4.00. The van der Waals surface area contributed by atoms with Crippen LogP contribution >= 0.6 is 0 Å². The maximum Gasteiger partial charge on any atom is 0.225 e. The quantitative estimate of drug-likeness (QED) is 0.423. The number of ether oxygens (including phenoxy) is 3. The number of methoxy groups -OCH3 is 3. The van der Waals surface area contributed by atoms with E-state index < -0.39 is 0 Å². The Morgan fingerprint density at radius 2 is 1.68 bits per heavy atom. The zero-order chi connectivity index (χ0) is 23.8. The van der Waals surface area contributed by atoms with Gasteiger partial charge in [-0.2, -0.15) is 0 Å². The van der Waals surface area contributed by atoms with Crippen molar-refractivity contribution in [2.45, 2.75) is 18.9 Å². The molecule has 1 aromatic heterocycles. The molecule has 0 fully saturated rings. The van der Waals surface area contributed by atoms with Gasteiger partial charge in [-0.15, -0.1) is 0 Å². The zero-order valence-corrected chi connectivity index (χ0v) is 19.2. The van der Waals surface area contributed by atoms with Crippen molar-refractivity contribution in [2.24, 2.45) is 0 Å². The van der Waals surface area contributed by atoms with Gasteiger partial charge < -0.3 is 24.1 Å². The summed E-state index contributed by atoms with van der Waals surface area (Å²) < 4.78 is 32.6. The molecule has 2 heterocycles. The van der Waals surface area contributed by atoms with Gasteiger partial charge in [-0.3, -0.25) is 4.79 Å². The summed E-state index contributed by atoms with van der Waals surface area (Å²) in [6.45, 7) is 0.501. The van der Waals surface area contributed by atoms with Gasteiger partial charge in [0.15, 0.2) is 11.5 Å². The smallest absolute Gasteiger partial charge is 0.225 e. The topological polar surface area (TPSA) is 61.7 Å². The number of amides is 1. The minimum absolute atomic E-state index is 0.0813. The molecule has 0 saturated carbocycles. The molecule has 5 rings (SSSR count). The maximum absolute atomic E-state index is 13.8. The molecule has 7 heteroatoms. The van der Waals surface area contributed by atoms with Crippen LogP contribution in [-0.4, -0.2) is 31.8 Å². The van der Waals surface area contributed by atoms with E-state index in [1.54, 1.807) is 33.5 Å². The molecule has 0 saturated heterocycles. The first kappa shape index (κ1) is 21.8. The third-order valence-electron chi connectivity index (χ3n) is 6.33. The van der Waals surface area contributed by atoms with Crippen LogP contribution < -0.4 is 19.5 Å². The molecular formula is C27H25FN2O4. The van der Waals surface area contributed by atoms with Crippen LogP contribution in [0.2, 0.25) is 0 Å². The standard InChI is InChI=1S/C27H25FN2O4/c1-32-23-13-25(34-3)24(33-2)11-19(23)18-12-26(31)29-21-8-5-9-22-27(21)20(18)15-30(22)14-16-6-4-7-17(28)10-16/h4-11,13,15,18H,12,14H2,1-3H3,(H,29,31)/t18-/m1/s1. The number of nitrogens with zero attached hydrogens (tertiary/aromatic N) is 1. The van der Waals surface area contributed by atoms with E-state index in [4.69, 9.17) is 14.2 Å². The second kappa shape index (κ2) is 8.74. The summed E-state index contributed by atoms with van der Waals surface area (Å²) in [4.78, 5) is 12.9. The van der Waals surface area contributed by atoms with E-state index in [2.05, 4.69) is 16.1 Å². The van der Waals surface area contributed by atoms with Crippen molar-refractivity contribution >= 4 is 22.5 Å².